The van der Waals surface area contributed by atoms with Gasteiger partial charge in [-0.05, 0) is 31.9 Å². The van der Waals surface area contributed by atoms with E-state index < -0.39 is 0 Å². The minimum Gasteiger partial charge on any atom is -0.468 e. The Balaban J connectivity index is 2.85. The van der Waals surface area contributed by atoms with Crippen LogP contribution >= 0.6 is 11.8 Å². The molecule has 0 aliphatic rings. The van der Waals surface area contributed by atoms with Gasteiger partial charge in [-0.2, -0.15) is 0 Å². The number of benzene rings is 1. The van der Waals surface area contributed by atoms with Crippen LogP contribution in [0.15, 0.2) is 23.1 Å². The van der Waals surface area contributed by atoms with Crippen LogP contribution in [-0.2, 0) is 9.53 Å². The van der Waals surface area contributed by atoms with Crippen molar-refractivity contribution in [1.29, 1.82) is 0 Å². The van der Waals surface area contributed by atoms with Gasteiger partial charge >= 0.3 is 5.97 Å². The van der Waals surface area contributed by atoms with Crippen LogP contribution in [0.25, 0.3) is 0 Å². The fourth-order valence-electron chi connectivity index (χ4n) is 1.42. The molecule has 0 heterocycles. The molecule has 0 aromatic heterocycles. The smallest absolute Gasteiger partial charge is 0.319 e. The van der Waals surface area contributed by atoms with Crippen molar-refractivity contribution in [3.8, 4) is 0 Å². The number of hydrogen-bond acceptors (Lipinski definition) is 3. The molecule has 0 radical (unpaired) electrons. The zero-order valence-electron chi connectivity index (χ0n) is 10.2. The van der Waals surface area contributed by atoms with Crippen LogP contribution in [0.2, 0.25) is 0 Å². The Hall–Kier alpha value is -0.960. The minimum atomic E-state index is -0.145. The van der Waals surface area contributed by atoms with E-state index in [1.165, 1.54) is 18.2 Å². The summed E-state index contributed by atoms with van der Waals surface area (Å²) in [5.41, 5.74) is 2.42. The Morgan fingerprint density at radius 3 is 2.69 bits per heavy atom. The highest BCUT2D eigenvalue weighted by Crippen LogP contribution is 2.29. The van der Waals surface area contributed by atoms with Crippen molar-refractivity contribution in [3.63, 3.8) is 0 Å². The first kappa shape index (κ1) is 13.1. The number of ether oxygens (including phenoxy) is 1. The van der Waals surface area contributed by atoms with Crippen LogP contribution in [0.4, 0.5) is 0 Å². The molecule has 0 fully saturated rings. The third kappa shape index (κ3) is 3.27. The molecule has 0 saturated carbocycles. The molecule has 0 aliphatic heterocycles. The molecular formula is C13H18O2S. The van der Waals surface area contributed by atoms with E-state index in [9.17, 15) is 4.79 Å². The van der Waals surface area contributed by atoms with Crippen molar-refractivity contribution >= 4 is 17.7 Å². The molecule has 3 heteroatoms. The van der Waals surface area contributed by atoms with Crippen molar-refractivity contribution in [2.24, 2.45) is 0 Å². The molecule has 88 valence electrons. The Bertz CT molecular complexity index is 374. The van der Waals surface area contributed by atoms with E-state index in [-0.39, 0.29) is 11.2 Å². The van der Waals surface area contributed by atoms with E-state index in [2.05, 4.69) is 32.0 Å². The fraction of sp³-hybridized carbons (Fsp3) is 0.462. The van der Waals surface area contributed by atoms with Gasteiger partial charge in [-0.15, -0.1) is 11.8 Å². The molecule has 0 amide bonds. The van der Waals surface area contributed by atoms with Crippen molar-refractivity contribution in [3.05, 3.63) is 29.3 Å². The average Bonchev–Trinajstić information content (AvgIpc) is 2.29. The number of carbonyl (C=O) groups excluding carboxylic acids is 1. The summed E-state index contributed by atoms with van der Waals surface area (Å²) < 4.78 is 4.79. The lowest BCUT2D eigenvalue weighted by Crippen LogP contribution is -2.17. The summed E-state index contributed by atoms with van der Waals surface area (Å²) in [5, 5.41) is -0.106. The number of aryl methyl sites for hydroxylation is 2. The van der Waals surface area contributed by atoms with E-state index in [4.69, 9.17) is 4.74 Å². The first-order chi connectivity index (χ1) is 7.58. The first-order valence-corrected chi connectivity index (χ1v) is 6.28. The molecule has 16 heavy (non-hydrogen) atoms. The predicted octanol–water partition coefficient (Wildman–Crippen LogP) is 3.35. The number of methoxy groups -OCH3 is 1. The molecule has 0 saturated heterocycles. The zero-order valence-corrected chi connectivity index (χ0v) is 11.1. The second-order valence-electron chi connectivity index (χ2n) is 3.81. The molecule has 1 atom stereocenters. The van der Waals surface area contributed by atoms with Crippen LogP contribution in [0.1, 0.15) is 24.5 Å². The van der Waals surface area contributed by atoms with Gasteiger partial charge in [-0.1, -0.05) is 24.6 Å². The van der Waals surface area contributed by atoms with Gasteiger partial charge in [-0.3, -0.25) is 4.79 Å². The lowest BCUT2D eigenvalue weighted by atomic mass is 10.2. The Morgan fingerprint density at radius 1 is 1.44 bits per heavy atom. The van der Waals surface area contributed by atoms with Gasteiger partial charge < -0.3 is 4.74 Å². The lowest BCUT2D eigenvalue weighted by molar-refractivity contribution is -0.140. The highest BCUT2D eigenvalue weighted by molar-refractivity contribution is 8.00. The molecule has 0 N–H and O–H groups in total. The van der Waals surface area contributed by atoms with Crippen LogP contribution < -0.4 is 0 Å². The molecule has 1 unspecified atom stereocenters. The summed E-state index contributed by atoms with van der Waals surface area (Å²) in [7, 11) is 1.44. The molecule has 0 aliphatic carbocycles. The van der Waals surface area contributed by atoms with Gasteiger partial charge in [0.25, 0.3) is 0 Å². The van der Waals surface area contributed by atoms with Crippen LogP contribution in [0.5, 0.6) is 0 Å². The summed E-state index contributed by atoms with van der Waals surface area (Å²) in [6.45, 7) is 6.12. The highest BCUT2D eigenvalue weighted by Gasteiger charge is 2.19. The summed E-state index contributed by atoms with van der Waals surface area (Å²) in [6, 6.07) is 6.28. The zero-order chi connectivity index (χ0) is 12.1. The topological polar surface area (TPSA) is 26.3 Å². The first-order valence-electron chi connectivity index (χ1n) is 5.40. The summed E-state index contributed by atoms with van der Waals surface area (Å²) >= 11 is 1.59. The van der Waals surface area contributed by atoms with Gasteiger partial charge in [0.15, 0.2) is 0 Å². The SMILES string of the molecule is CCC(Sc1cc(C)ccc1C)C(=O)OC. The average molecular weight is 238 g/mol. The quantitative estimate of drug-likeness (QED) is 0.594. The number of thioether (sulfide) groups is 1. The fourth-order valence-corrected chi connectivity index (χ4v) is 2.59. The van der Waals surface area contributed by atoms with Crippen molar-refractivity contribution in [2.75, 3.05) is 7.11 Å². The Labute approximate surface area is 101 Å². The van der Waals surface area contributed by atoms with E-state index in [0.29, 0.717) is 0 Å². The molecule has 0 spiro atoms. The third-order valence-corrected chi connectivity index (χ3v) is 3.95. The van der Waals surface area contributed by atoms with E-state index in [0.717, 1.165) is 11.3 Å². The third-order valence-electron chi connectivity index (χ3n) is 2.45. The standard InChI is InChI=1S/C13H18O2S/c1-5-11(13(14)15-4)16-12-8-9(2)6-7-10(12)3/h6-8,11H,5H2,1-4H3. The van der Waals surface area contributed by atoms with Crippen molar-refractivity contribution in [2.45, 2.75) is 37.3 Å². The van der Waals surface area contributed by atoms with Gasteiger partial charge in [0.1, 0.15) is 5.25 Å². The van der Waals surface area contributed by atoms with Gasteiger partial charge in [0.05, 0.1) is 7.11 Å². The number of rotatable bonds is 4. The largest absolute Gasteiger partial charge is 0.468 e. The maximum Gasteiger partial charge on any atom is 0.319 e. The normalized spacial score (nSPS) is 12.2. The van der Waals surface area contributed by atoms with Crippen LogP contribution in [-0.4, -0.2) is 18.3 Å². The molecule has 0 bridgehead atoms. The van der Waals surface area contributed by atoms with Crippen LogP contribution in [0, 0.1) is 13.8 Å². The predicted molar refractivity (Wildman–Crippen MR) is 67.9 cm³/mol. The van der Waals surface area contributed by atoms with E-state index in [1.54, 1.807) is 11.8 Å². The summed E-state index contributed by atoms with van der Waals surface area (Å²) in [5.74, 6) is -0.145. The second-order valence-corrected chi connectivity index (χ2v) is 5.05. The molecule has 1 aromatic rings. The maximum absolute atomic E-state index is 11.5. The van der Waals surface area contributed by atoms with E-state index in [1.807, 2.05) is 6.92 Å². The molecule has 1 aromatic carbocycles. The Kier molecular flexibility index (Phi) is 4.87. The maximum atomic E-state index is 11.5. The lowest BCUT2D eigenvalue weighted by Gasteiger charge is -2.14. The molecular weight excluding hydrogens is 220 g/mol. The van der Waals surface area contributed by atoms with E-state index >= 15 is 0 Å². The van der Waals surface area contributed by atoms with Crippen molar-refractivity contribution < 1.29 is 9.53 Å². The number of hydrogen-bond donors (Lipinski definition) is 0. The summed E-state index contributed by atoms with van der Waals surface area (Å²) in [6.07, 6.45) is 0.782. The summed E-state index contributed by atoms with van der Waals surface area (Å²) in [4.78, 5) is 12.7. The Morgan fingerprint density at radius 2 is 2.12 bits per heavy atom. The minimum absolute atomic E-state index is 0.106. The van der Waals surface area contributed by atoms with Gasteiger partial charge in [-0.25, -0.2) is 0 Å². The molecule has 1 rings (SSSR count). The number of carbonyl (C=O) groups is 1. The van der Waals surface area contributed by atoms with Gasteiger partial charge in [0.2, 0.25) is 0 Å². The van der Waals surface area contributed by atoms with Gasteiger partial charge in [0, 0.05) is 4.90 Å². The van der Waals surface area contributed by atoms with Crippen LogP contribution in [0.3, 0.4) is 0 Å². The highest BCUT2D eigenvalue weighted by atomic mass is 32.2. The van der Waals surface area contributed by atoms with Crippen molar-refractivity contribution in [1.82, 2.24) is 0 Å². The monoisotopic (exact) mass is 238 g/mol. The second kappa shape index (κ2) is 5.94. The number of esters is 1. The molecule has 2 nitrogen and oxygen atoms in total.